The van der Waals surface area contributed by atoms with Crippen molar-refractivity contribution in [2.75, 3.05) is 20.3 Å². The van der Waals surface area contributed by atoms with Gasteiger partial charge in [0.2, 0.25) is 0 Å². The van der Waals surface area contributed by atoms with Crippen LogP contribution in [0.1, 0.15) is 44.9 Å². The Morgan fingerprint density at radius 3 is 2.50 bits per heavy atom. The first-order valence-corrected chi connectivity index (χ1v) is 6.06. The van der Waals surface area contributed by atoms with Crippen LogP contribution < -0.4 is 0 Å². The molecule has 3 heteroatoms. The van der Waals surface area contributed by atoms with Crippen molar-refractivity contribution >= 4 is 5.97 Å². The van der Waals surface area contributed by atoms with Crippen LogP contribution in [0.5, 0.6) is 0 Å². The van der Waals surface area contributed by atoms with Gasteiger partial charge in [0.1, 0.15) is 6.61 Å². The summed E-state index contributed by atoms with van der Waals surface area (Å²) in [7, 11) is 1.59. The maximum Gasteiger partial charge on any atom is 0.305 e. The average Bonchev–Trinajstić information content (AvgIpc) is 2.28. The summed E-state index contributed by atoms with van der Waals surface area (Å²) in [4.78, 5) is 11.2. The van der Waals surface area contributed by atoms with Crippen molar-refractivity contribution in [1.29, 1.82) is 0 Å². The fourth-order valence-electron chi connectivity index (χ4n) is 1.40. The number of carbonyl (C=O) groups is 1. The van der Waals surface area contributed by atoms with Crippen molar-refractivity contribution in [3.8, 4) is 0 Å². The minimum Gasteiger partial charge on any atom is -0.463 e. The topological polar surface area (TPSA) is 35.5 Å². The summed E-state index contributed by atoms with van der Waals surface area (Å²) in [6, 6.07) is 0. The molecule has 0 aliphatic carbocycles. The minimum atomic E-state index is -0.108. The lowest BCUT2D eigenvalue weighted by molar-refractivity contribution is -0.145. The predicted octanol–water partition coefficient (Wildman–Crippen LogP) is 3.09. The van der Waals surface area contributed by atoms with Gasteiger partial charge in [-0.3, -0.25) is 4.79 Å². The molecule has 0 rings (SSSR count). The van der Waals surface area contributed by atoms with Gasteiger partial charge in [-0.25, -0.2) is 0 Å². The minimum absolute atomic E-state index is 0.108. The Balaban J connectivity index is 3.12. The van der Waals surface area contributed by atoms with Crippen LogP contribution in [0.3, 0.4) is 0 Å². The van der Waals surface area contributed by atoms with Gasteiger partial charge in [-0.05, 0) is 19.3 Å². The van der Waals surface area contributed by atoms with Crippen LogP contribution in [0.25, 0.3) is 0 Å². The summed E-state index contributed by atoms with van der Waals surface area (Å²) in [5, 5.41) is 0. The van der Waals surface area contributed by atoms with E-state index < -0.39 is 0 Å². The Kier molecular flexibility index (Phi) is 11.6. The number of esters is 1. The molecule has 0 heterocycles. The number of rotatable bonds is 11. The van der Waals surface area contributed by atoms with E-state index >= 15 is 0 Å². The molecule has 0 saturated heterocycles. The molecular weight excluding hydrogens is 204 g/mol. The fourth-order valence-corrected chi connectivity index (χ4v) is 1.40. The number of methoxy groups -OCH3 is 1. The van der Waals surface area contributed by atoms with E-state index in [0.29, 0.717) is 19.6 Å². The fraction of sp³-hybridized carbons (Fsp3) is 0.769. The monoisotopic (exact) mass is 228 g/mol. The van der Waals surface area contributed by atoms with Crippen LogP contribution in [0.2, 0.25) is 0 Å². The van der Waals surface area contributed by atoms with Crippen molar-refractivity contribution < 1.29 is 14.3 Å². The smallest absolute Gasteiger partial charge is 0.305 e. The van der Waals surface area contributed by atoms with Crippen LogP contribution in [-0.2, 0) is 14.3 Å². The third-order valence-electron chi connectivity index (χ3n) is 2.34. The zero-order valence-electron chi connectivity index (χ0n) is 10.4. The van der Waals surface area contributed by atoms with Gasteiger partial charge in [0.05, 0.1) is 6.61 Å². The van der Waals surface area contributed by atoms with Crippen molar-refractivity contribution in [1.82, 2.24) is 0 Å². The zero-order valence-corrected chi connectivity index (χ0v) is 10.4. The molecule has 3 nitrogen and oxygen atoms in total. The lowest BCUT2D eigenvalue weighted by Crippen LogP contribution is -2.09. The summed E-state index contributed by atoms with van der Waals surface area (Å²) in [6.45, 7) is 4.53. The standard InChI is InChI=1S/C13H24O3/c1-3-4-5-6-7-8-9-10-13(14)16-12-11-15-2/h3H,1,4-12H2,2H3. The van der Waals surface area contributed by atoms with Gasteiger partial charge in [0.15, 0.2) is 0 Å². The molecule has 0 radical (unpaired) electrons. The Morgan fingerprint density at radius 2 is 1.81 bits per heavy atom. The maximum absolute atomic E-state index is 11.2. The lowest BCUT2D eigenvalue weighted by atomic mass is 10.1. The summed E-state index contributed by atoms with van der Waals surface area (Å²) >= 11 is 0. The van der Waals surface area contributed by atoms with Crippen LogP contribution in [0, 0.1) is 0 Å². The van der Waals surface area contributed by atoms with Gasteiger partial charge < -0.3 is 9.47 Å². The van der Waals surface area contributed by atoms with E-state index in [9.17, 15) is 4.79 Å². The molecule has 0 bridgehead atoms. The Hall–Kier alpha value is -0.830. The highest BCUT2D eigenvalue weighted by Gasteiger charge is 2.01. The molecule has 0 aliphatic rings. The van der Waals surface area contributed by atoms with Crippen LogP contribution in [0.4, 0.5) is 0 Å². The number of carbonyl (C=O) groups excluding carboxylic acids is 1. The molecule has 0 aromatic carbocycles. The summed E-state index contributed by atoms with van der Waals surface area (Å²) < 4.78 is 9.74. The molecule has 0 N–H and O–H groups in total. The highest BCUT2D eigenvalue weighted by Crippen LogP contribution is 2.07. The molecule has 0 aliphatic heterocycles. The summed E-state index contributed by atoms with van der Waals surface area (Å²) in [5.41, 5.74) is 0. The Bertz CT molecular complexity index is 178. The number of ether oxygens (including phenoxy) is 2. The van der Waals surface area contributed by atoms with Crippen LogP contribution in [0.15, 0.2) is 12.7 Å². The Morgan fingerprint density at radius 1 is 1.12 bits per heavy atom. The maximum atomic E-state index is 11.2. The molecule has 0 aromatic heterocycles. The van der Waals surface area contributed by atoms with E-state index in [2.05, 4.69) is 6.58 Å². The molecule has 0 atom stereocenters. The number of hydrogen-bond acceptors (Lipinski definition) is 3. The average molecular weight is 228 g/mol. The largest absolute Gasteiger partial charge is 0.463 e. The highest BCUT2D eigenvalue weighted by atomic mass is 16.6. The van der Waals surface area contributed by atoms with E-state index in [1.165, 1.54) is 19.3 Å². The molecule has 0 spiro atoms. The number of allylic oxidation sites excluding steroid dienone is 1. The molecule has 16 heavy (non-hydrogen) atoms. The normalized spacial score (nSPS) is 10.1. The zero-order chi connectivity index (χ0) is 12.1. The molecule has 0 fully saturated rings. The molecule has 0 aromatic rings. The van der Waals surface area contributed by atoms with Gasteiger partial charge in [0, 0.05) is 13.5 Å². The van der Waals surface area contributed by atoms with Crippen molar-refractivity contribution in [2.24, 2.45) is 0 Å². The van der Waals surface area contributed by atoms with Gasteiger partial charge in [-0.15, -0.1) is 6.58 Å². The quantitative estimate of drug-likeness (QED) is 0.310. The van der Waals surface area contributed by atoms with E-state index in [1.54, 1.807) is 7.11 Å². The highest BCUT2D eigenvalue weighted by molar-refractivity contribution is 5.69. The first-order chi connectivity index (χ1) is 7.81. The summed E-state index contributed by atoms with van der Waals surface area (Å²) in [6.07, 6.45) is 9.25. The van der Waals surface area contributed by atoms with Gasteiger partial charge in [-0.1, -0.05) is 25.3 Å². The number of hydrogen-bond donors (Lipinski definition) is 0. The number of unbranched alkanes of at least 4 members (excludes halogenated alkanes) is 5. The SMILES string of the molecule is C=CCCCCCCCC(=O)OCCOC. The van der Waals surface area contributed by atoms with Crippen LogP contribution >= 0.6 is 0 Å². The molecular formula is C13H24O3. The second kappa shape index (κ2) is 12.2. The summed E-state index contributed by atoms with van der Waals surface area (Å²) in [5.74, 6) is -0.108. The second-order valence-electron chi connectivity index (χ2n) is 3.81. The Labute approximate surface area is 98.8 Å². The van der Waals surface area contributed by atoms with Crippen molar-refractivity contribution in [3.63, 3.8) is 0 Å². The first kappa shape index (κ1) is 15.2. The lowest BCUT2D eigenvalue weighted by Gasteiger charge is -2.03. The van der Waals surface area contributed by atoms with Gasteiger partial charge in [0.25, 0.3) is 0 Å². The third kappa shape index (κ3) is 11.2. The van der Waals surface area contributed by atoms with E-state index in [4.69, 9.17) is 9.47 Å². The van der Waals surface area contributed by atoms with Gasteiger partial charge in [-0.2, -0.15) is 0 Å². The third-order valence-corrected chi connectivity index (χ3v) is 2.34. The van der Waals surface area contributed by atoms with E-state index in [0.717, 1.165) is 19.3 Å². The van der Waals surface area contributed by atoms with Crippen LogP contribution in [-0.4, -0.2) is 26.3 Å². The predicted molar refractivity (Wildman–Crippen MR) is 65.4 cm³/mol. The molecule has 94 valence electrons. The molecule has 0 amide bonds. The van der Waals surface area contributed by atoms with Gasteiger partial charge >= 0.3 is 5.97 Å². The second-order valence-corrected chi connectivity index (χ2v) is 3.81. The van der Waals surface area contributed by atoms with Crippen molar-refractivity contribution in [2.45, 2.75) is 44.9 Å². The molecule has 0 saturated carbocycles. The van der Waals surface area contributed by atoms with Crippen molar-refractivity contribution in [3.05, 3.63) is 12.7 Å². The van der Waals surface area contributed by atoms with E-state index in [-0.39, 0.29) is 5.97 Å². The van der Waals surface area contributed by atoms with E-state index in [1.807, 2.05) is 6.08 Å². The molecule has 0 unspecified atom stereocenters. The first-order valence-electron chi connectivity index (χ1n) is 6.06.